The van der Waals surface area contributed by atoms with Crippen LogP contribution in [0.15, 0.2) is 23.1 Å². The second-order valence-corrected chi connectivity index (χ2v) is 5.61. The molecular weight excluding hydrogens is 234 g/mol. The van der Waals surface area contributed by atoms with Gasteiger partial charge in [-0.25, -0.2) is 0 Å². The predicted octanol–water partition coefficient (Wildman–Crippen LogP) is 3.77. The predicted molar refractivity (Wildman–Crippen MR) is 69.6 cm³/mol. The largest absolute Gasteiger partial charge is 0.398 e. The van der Waals surface area contributed by atoms with Crippen LogP contribution in [0.3, 0.4) is 0 Å². The van der Waals surface area contributed by atoms with Gasteiger partial charge in [-0.05, 0) is 17.9 Å². The van der Waals surface area contributed by atoms with E-state index in [1.165, 1.54) is 5.75 Å². The molecule has 0 saturated heterocycles. The van der Waals surface area contributed by atoms with Crippen LogP contribution in [0, 0.1) is 0 Å². The second-order valence-electron chi connectivity index (χ2n) is 2.70. The van der Waals surface area contributed by atoms with Crippen LogP contribution in [0.4, 0.5) is 5.69 Å². The van der Waals surface area contributed by atoms with E-state index in [0.29, 0.717) is 0 Å². The summed E-state index contributed by atoms with van der Waals surface area (Å²) < 4.78 is 0. The fraction of sp³-hybridized carbons (Fsp3) is 0.400. The van der Waals surface area contributed by atoms with Gasteiger partial charge in [0.05, 0.1) is 5.02 Å². The summed E-state index contributed by atoms with van der Waals surface area (Å²) in [5.74, 6) is 3.37. The van der Waals surface area contributed by atoms with E-state index in [-0.39, 0.29) is 0 Å². The van der Waals surface area contributed by atoms with E-state index in [1.54, 1.807) is 11.8 Å². The van der Waals surface area contributed by atoms with Crippen LogP contribution in [0.1, 0.15) is 6.92 Å². The van der Waals surface area contributed by atoms with Gasteiger partial charge < -0.3 is 5.73 Å². The lowest BCUT2D eigenvalue weighted by Crippen LogP contribution is -1.91. The highest BCUT2D eigenvalue weighted by atomic mass is 35.5. The number of nitrogen functional groups attached to an aromatic ring is 1. The van der Waals surface area contributed by atoms with Gasteiger partial charge in [0.2, 0.25) is 0 Å². The van der Waals surface area contributed by atoms with E-state index in [0.717, 1.165) is 27.1 Å². The number of anilines is 1. The number of benzene rings is 1. The Morgan fingerprint density at radius 1 is 1.36 bits per heavy atom. The standard InChI is InChI=1S/C10H14ClNS2/c1-2-13-6-7-14-10-8(11)4-3-5-9(10)12/h3-5H,2,6-7,12H2,1H3. The summed E-state index contributed by atoms with van der Waals surface area (Å²) >= 11 is 9.70. The van der Waals surface area contributed by atoms with Crippen LogP contribution in [-0.2, 0) is 0 Å². The first-order valence-corrected chi connectivity index (χ1v) is 7.02. The van der Waals surface area contributed by atoms with Gasteiger partial charge in [0.1, 0.15) is 0 Å². The van der Waals surface area contributed by atoms with Gasteiger partial charge in [-0.3, -0.25) is 0 Å². The van der Waals surface area contributed by atoms with Crippen LogP contribution in [0.25, 0.3) is 0 Å². The van der Waals surface area contributed by atoms with E-state index in [9.17, 15) is 0 Å². The molecule has 14 heavy (non-hydrogen) atoms. The zero-order chi connectivity index (χ0) is 10.4. The SMILES string of the molecule is CCSCCSc1c(N)cccc1Cl. The Bertz CT molecular complexity index is 271. The van der Waals surface area contributed by atoms with Gasteiger partial charge in [0.15, 0.2) is 0 Å². The normalized spacial score (nSPS) is 10.4. The van der Waals surface area contributed by atoms with Gasteiger partial charge in [0, 0.05) is 22.1 Å². The molecule has 0 aliphatic carbocycles. The van der Waals surface area contributed by atoms with Crippen molar-refractivity contribution in [2.45, 2.75) is 11.8 Å². The second kappa shape index (κ2) is 6.49. The minimum absolute atomic E-state index is 0.761. The van der Waals surface area contributed by atoms with Crippen LogP contribution >= 0.6 is 35.1 Å². The third-order valence-corrected chi connectivity index (χ3v) is 4.41. The molecule has 0 aliphatic heterocycles. The molecule has 4 heteroatoms. The topological polar surface area (TPSA) is 26.0 Å². The van der Waals surface area contributed by atoms with Crippen molar-refractivity contribution in [3.8, 4) is 0 Å². The fourth-order valence-electron chi connectivity index (χ4n) is 1.02. The Balaban J connectivity index is 2.49. The highest BCUT2D eigenvalue weighted by Crippen LogP contribution is 2.32. The van der Waals surface area contributed by atoms with Crippen LogP contribution in [-0.4, -0.2) is 17.3 Å². The molecule has 1 aromatic carbocycles. The average Bonchev–Trinajstić information content (AvgIpc) is 2.16. The molecule has 0 radical (unpaired) electrons. The smallest absolute Gasteiger partial charge is 0.0562 e. The molecule has 0 atom stereocenters. The Labute approximate surface area is 98.8 Å². The molecule has 0 amide bonds. The maximum Gasteiger partial charge on any atom is 0.0562 e. The minimum atomic E-state index is 0.761. The van der Waals surface area contributed by atoms with E-state index >= 15 is 0 Å². The van der Waals surface area contributed by atoms with Gasteiger partial charge in [-0.2, -0.15) is 11.8 Å². The molecule has 0 aromatic heterocycles. The average molecular weight is 248 g/mol. The summed E-state index contributed by atoms with van der Waals surface area (Å²) in [6, 6.07) is 5.65. The van der Waals surface area contributed by atoms with Crippen molar-refractivity contribution in [2.24, 2.45) is 0 Å². The lowest BCUT2D eigenvalue weighted by molar-refractivity contribution is 1.43. The molecular formula is C10H14ClNS2. The number of hydrogen-bond donors (Lipinski definition) is 1. The van der Waals surface area contributed by atoms with Crippen molar-refractivity contribution >= 4 is 40.8 Å². The molecule has 0 aliphatic rings. The maximum absolute atomic E-state index is 6.03. The molecule has 1 nitrogen and oxygen atoms in total. The third-order valence-electron chi connectivity index (χ3n) is 1.68. The number of halogens is 1. The van der Waals surface area contributed by atoms with Crippen molar-refractivity contribution in [3.63, 3.8) is 0 Å². The summed E-state index contributed by atoms with van der Waals surface area (Å²) in [7, 11) is 0. The molecule has 2 N–H and O–H groups in total. The van der Waals surface area contributed by atoms with Crippen molar-refractivity contribution < 1.29 is 0 Å². The maximum atomic E-state index is 6.03. The van der Waals surface area contributed by atoms with Gasteiger partial charge >= 0.3 is 0 Å². The molecule has 1 aromatic rings. The van der Waals surface area contributed by atoms with Crippen LogP contribution < -0.4 is 5.73 Å². The molecule has 0 unspecified atom stereocenters. The first-order chi connectivity index (χ1) is 6.75. The molecule has 0 bridgehead atoms. The van der Waals surface area contributed by atoms with Crippen molar-refractivity contribution in [1.82, 2.24) is 0 Å². The van der Waals surface area contributed by atoms with E-state index < -0.39 is 0 Å². The summed E-state index contributed by atoms with van der Waals surface area (Å²) in [5.41, 5.74) is 6.61. The highest BCUT2D eigenvalue weighted by molar-refractivity contribution is 8.03. The Hall–Kier alpha value is 0.01000. The van der Waals surface area contributed by atoms with Gasteiger partial charge in [-0.15, -0.1) is 11.8 Å². The van der Waals surface area contributed by atoms with E-state index in [4.69, 9.17) is 17.3 Å². The zero-order valence-electron chi connectivity index (χ0n) is 8.13. The molecule has 0 saturated carbocycles. The lowest BCUT2D eigenvalue weighted by atomic mass is 10.3. The first-order valence-electron chi connectivity index (χ1n) is 4.50. The Morgan fingerprint density at radius 3 is 2.79 bits per heavy atom. The molecule has 0 spiro atoms. The first kappa shape index (κ1) is 12.1. The van der Waals surface area contributed by atoms with Crippen LogP contribution in [0.5, 0.6) is 0 Å². The van der Waals surface area contributed by atoms with Gasteiger partial charge in [-0.1, -0.05) is 24.6 Å². The molecule has 0 heterocycles. The Kier molecular flexibility index (Phi) is 5.60. The minimum Gasteiger partial charge on any atom is -0.398 e. The fourth-order valence-corrected chi connectivity index (χ4v) is 3.11. The number of rotatable bonds is 5. The number of hydrogen-bond acceptors (Lipinski definition) is 3. The monoisotopic (exact) mass is 247 g/mol. The number of nitrogens with two attached hydrogens (primary N) is 1. The van der Waals surface area contributed by atoms with Crippen molar-refractivity contribution in [1.29, 1.82) is 0 Å². The summed E-state index contributed by atoms with van der Waals surface area (Å²) in [5, 5.41) is 0.761. The van der Waals surface area contributed by atoms with Crippen LogP contribution in [0.2, 0.25) is 5.02 Å². The molecule has 1 rings (SSSR count). The van der Waals surface area contributed by atoms with E-state index in [2.05, 4.69) is 6.92 Å². The summed E-state index contributed by atoms with van der Waals surface area (Å²) in [6.07, 6.45) is 0. The van der Waals surface area contributed by atoms with Crippen molar-refractivity contribution in [3.05, 3.63) is 23.2 Å². The zero-order valence-corrected chi connectivity index (χ0v) is 10.5. The molecule has 0 fully saturated rings. The third kappa shape index (κ3) is 3.64. The number of thioether (sulfide) groups is 2. The van der Waals surface area contributed by atoms with Gasteiger partial charge in [0.25, 0.3) is 0 Å². The summed E-state index contributed by atoms with van der Waals surface area (Å²) in [4.78, 5) is 1.02. The molecule has 78 valence electrons. The van der Waals surface area contributed by atoms with Crippen molar-refractivity contribution in [2.75, 3.05) is 23.0 Å². The highest BCUT2D eigenvalue weighted by Gasteiger charge is 2.04. The lowest BCUT2D eigenvalue weighted by Gasteiger charge is -2.06. The van der Waals surface area contributed by atoms with E-state index in [1.807, 2.05) is 30.0 Å². The Morgan fingerprint density at radius 2 is 2.14 bits per heavy atom. The quantitative estimate of drug-likeness (QED) is 0.487. The summed E-state index contributed by atoms with van der Waals surface area (Å²) in [6.45, 7) is 2.17.